The Kier molecular flexibility index (Phi) is 9.61. The number of alkyl carbamates (subject to hydrolysis) is 1. The quantitative estimate of drug-likeness (QED) is 0.318. The number of rotatable bonds is 12. The van der Waals surface area contributed by atoms with Gasteiger partial charge in [0, 0.05) is 18.8 Å². The molecular formula is C27H37N3O7S. The summed E-state index contributed by atoms with van der Waals surface area (Å²) in [6.45, 7) is 5.47. The maximum Gasteiger partial charge on any atom is 0.407 e. The van der Waals surface area contributed by atoms with E-state index in [2.05, 4.69) is 29.2 Å². The Balaban J connectivity index is 1.37. The van der Waals surface area contributed by atoms with Gasteiger partial charge in [-0.05, 0) is 48.6 Å². The predicted molar refractivity (Wildman–Crippen MR) is 142 cm³/mol. The van der Waals surface area contributed by atoms with E-state index in [1.54, 1.807) is 12.1 Å². The van der Waals surface area contributed by atoms with Crippen LogP contribution in [0, 0.1) is 11.8 Å². The number of hydrogen-bond acceptors (Lipinski definition) is 8. The molecule has 5 atom stereocenters. The summed E-state index contributed by atoms with van der Waals surface area (Å²) in [4.78, 5) is 12.8. The number of sulfonamides is 1. The minimum atomic E-state index is -3.88. The normalized spacial score (nSPS) is 22.6. The number of anilines is 1. The third-order valence-corrected chi connectivity index (χ3v) is 8.11. The largest absolute Gasteiger partial charge is 0.443 e. The Hall–Kier alpha value is -2.70. The van der Waals surface area contributed by atoms with Gasteiger partial charge in [-0.25, -0.2) is 17.9 Å². The fourth-order valence-corrected chi connectivity index (χ4v) is 5.57. The molecule has 0 aliphatic carbocycles. The highest BCUT2D eigenvalue weighted by Gasteiger charge is 2.44. The van der Waals surface area contributed by atoms with Crippen LogP contribution in [-0.2, 0) is 30.7 Å². The molecule has 2 fully saturated rings. The molecule has 0 spiro atoms. The van der Waals surface area contributed by atoms with Gasteiger partial charge in [0.05, 0.1) is 36.2 Å². The van der Waals surface area contributed by atoms with Crippen molar-refractivity contribution in [1.29, 1.82) is 0 Å². The second-order valence-electron chi connectivity index (χ2n) is 10.1. The number of carbonyl (C=O) groups excluding carboxylic acids is 1. The first-order valence-electron chi connectivity index (χ1n) is 13.0. The number of fused-ring (bicyclic) bond motifs is 1. The number of ether oxygens (including phenoxy) is 3. The van der Waals surface area contributed by atoms with Gasteiger partial charge in [0.15, 0.2) is 6.29 Å². The fourth-order valence-electron chi connectivity index (χ4n) is 4.52. The van der Waals surface area contributed by atoms with Crippen LogP contribution < -0.4 is 15.4 Å². The highest BCUT2D eigenvalue weighted by molar-refractivity contribution is 7.89. The molecule has 2 aliphatic rings. The molecule has 2 heterocycles. The number of aliphatic hydroxyl groups excluding tert-OH is 1. The average molecular weight is 548 g/mol. The summed E-state index contributed by atoms with van der Waals surface area (Å²) >= 11 is 0. The molecule has 208 valence electrons. The third-order valence-electron chi connectivity index (χ3n) is 6.67. The average Bonchev–Trinajstić information content (AvgIpc) is 3.52. The molecule has 0 radical (unpaired) electrons. The zero-order valence-electron chi connectivity index (χ0n) is 21.7. The molecule has 10 nitrogen and oxygen atoms in total. The van der Waals surface area contributed by atoms with Gasteiger partial charge in [0.25, 0.3) is 0 Å². The standard InChI is InChI=1S/C27H37N3O7S/c1-18(2)15-28-20-8-10-21(11-9-20)38(33,34)29-16-24(31)23(14-19-6-4-3-5-7-19)30-27(32)37-25-17-36-26-22(25)12-13-35-26/h3-11,18,22-26,28-29,31H,12-17H2,1-2H3,(H,30,32)/t22-,23+,24-,25-,26+/m0/s1. The van der Waals surface area contributed by atoms with Crippen molar-refractivity contribution in [3.8, 4) is 0 Å². The van der Waals surface area contributed by atoms with Crippen molar-refractivity contribution in [1.82, 2.24) is 10.0 Å². The number of nitrogens with one attached hydrogen (secondary N) is 3. The van der Waals surface area contributed by atoms with E-state index in [9.17, 15) is 18.3 Å². The number of carbonyl (C=O) groups is 1. The van der Waals surface area contributed by atoms with Crippen LogP contribution in [0.5, 0.6) is 0 Å². The van der Waals surface area contributed by atoms with Crippen molar-refractivity contribution in [2.45, 2.75) is 56.1 Å². The van der Waals surface area contributed by atoms with Gasteiger partial charge in [-0.1, -0.05) is 44.2 Å². The Morgan fingerprint density at radius 3 is 2.53 bits per heavy atom. The first kappa shape index (κ1) is 28.3. The van der Waals surface area contributed by atoms with Crippen LogP contribution in [-0.4, -0.2) is 70.5 Å². The van der Waals surface area contributed by atoms with Crippen LogP contribution in [0.15, 0.2) is 59.5 Å². The molecule has 2 aromatic rings. The van der Waals surface area contributed by atoms with Crippen LogP contribution in [0.1, 0.15) is 25.8 Å². The number of benzene rings is 2. The van der Waals surface area contributed by atoms with Crippen molar-refractivity contribution in [3.05, 3.63) is 60.2 Å². The minimum absolute atomic E-state index is 0.0166. The molecule has 0 unspecified atom stereocenters. The lowest BCUT2D eigenvalue weighted by Crippen LogP contribution is -2.50. The van der Waals surface area contributed by atoms with E-state index in [1.165, 1.54) is 12.1 Å². The molecule has 2 saturated heterocycles. The summed E-state index contributed by atoms with van der Waals surface area (Å²) in [5.74, 6) is 0.438. The Labute approximate surface area is 224 Å². The first-order valence-corrected chi connectivity index (χ1v) is 14.5. The SMILES string of the molecule is CC(C)CNc1ccc(S(=O)(=O)NC[C@H](O)[C@@H](Cc2ccccc2)NC(=O)O[C@H]2CO[C@H]3OCC[C@H]32)cc1. The van der Waals surface area contributed by atoms with E-state index in [1.807, 2.05) is 30.3 Å². The number of hydrogen-bond donors (Lipinski definition) is 4. The topological polar surface area (TPSA) is 135 Å². The Morgan fingerprint density at radius 2 is 1.82 bits per heavy atom. The van der Waals surface area contributed by atoms with E-state index in [0.29, 0.717) is 12.5 Å². The molecule has 2 aromatic carbocycles. The number of amides is 1. The summed E-state index contributed by atoms with van der Waals surface area (Å²) < 4.78 is 44.8. The maximum absolute atomic E-state index is 12.9. The zero-order valence-corrected chi connectivity index (χ0v) is 22.5. The van der Waals surface area contributed by atoms with Crippen molar-refractivity contribution in [3.63, 3.8) is 0 Å². The smallest absolute Gasteiger partial charge is 0.407 e. The Morgan fingerprint density at radius 1 is 1.08 bits per heavy atom. The maximum atomic E-state index is 12.9. The molecule has 0 aromatic heterocycles. The van der Waals surface area contributed by atoms with Gasteiger partial charge in [0.1, 0.15) is 6.10 Å². The molecule has 11 heteroatoms. The van der Waals surface area contributed by atoms with E-state index >= 15 is 0 Å². The van der Waals surface area contributed by atoms with Crippen LogP contribution in [0.3, 0.4) is 0 Å². The molecular weight excluding hydrogens is 510 g/mol. The Bertz CT molecular complexity index is 1150. The van der Waals surface area contributed by atoms with E-state index < -0.39 is 34.4 Å². The third kappa shape index (κ3) is 7.67. The summed E-state index contributed by atoms with van der Waals surface area (Å²) in [6, 6.07) is 15.0. The lowest BCUT2D eigenvalue weighted by atomic mass is 10.0. The lowest BCUT2D eigenvalue weighted by molar-refractivity contribution is -0.0907. The first-order chi connectivity index (χ1) is 18.2. The summed E-state index contributed by atoms with van der Waals surface area (Å²) in [5, 5.41) is 16.9. The van der Waals surface area contributed by atoms with Crippen LogP contribution in [0.25, 0.3) is 0 Å². The second kappa shape index (κ2) is 12.9. The highest BCUT2D eigenvalue weighted by atomic mass is 32.2. The summed E-state index contributed by atoms with van der Waals surface area (Å²) in [7, 11) is -3.88. The van der Waals surface area contributed by atoms with Gasteiger partial charge in [0.2, 0.25) is 10.0 Å². The lowest BCUT2D eigenvalue weighted by Gasteiger charge is -2.25. The molecule has 2 aliphatic heterocycles. The second-order valence-corrected chi connectivity index (χ2v) is 11.9. The molecule has 4 N–H and O–H groups in total. The molecule has 38 heavy (non-hydrogen) atoms. The monoisotopic (exact) mass is 547 g/mol. The van der Waals surface area contributed by atoms with Gasteiger partial charge in [-0.3, -0.25) is 0 Å². The van der Waals surface area contributed by atoms with Crippen LogP contribution in [0.4, 0.5) is 10.5 Å². The summed E-state index contributed by atoms with van der Waals surface area (Å²) in [5.41, 5.74) is 1.70. The van der Waals surface area contributed by atoms with Crippen molar-refractivity contribution < 1.29 is 32.5 Å². The van der Waals surface area contributed by atoms with Crippen LogP contribution >= 0.6 is 0 Å². The van der Waals surface area contributed by atoms with Gasteiger partial charge in [-0.2, -0.15) is 0 Å². The van der Waals surface area contributed by atoms with E-state index in [4.69, 9.17) is 14.2 Å². The van der Waals surface area contributed by atoms with E-state index in [-0.39, 0.29) is 36.7 Å². The van der Waals surface area contributed by atoms with E-state index in [0.717, 1.165) is 24.2 Å². The molecule has 1 amide bonds. The number of aliphatic hydroxyl groups is 1. The van der Waals surface area contributed by atoms with Crippen molar-refractivity contribution in [2.24, 2.45) is 11.8 Å². The molecule has 0 saturated carbocycles. The summed E-state index contributed by atoms with van der Waals surface area (Å²) in [6.07, 6.45) is -1.67. The van der Waals surface area contributed by atoms with Gasteiger partial charge in [-0.15, -0.1) is 0 Å². The van der Waals surface area contributed by atoms with Crippen molar-refractivity contribution >= 4 is 21.8 Å². The fraction of sp³-hybridized carbons (Fsp3) is 0.519. The zero-order chi connectivity index (χ0) is 27.1. The minimum Gasteiger partial charge on any atom is -0.443 e. The van der Waals surface area contributed by atoms with Gasteiger partial charge >= 0.3 is 6.09 Å². The van der Waals surface area contributed by atoms with Crippen LogP contribution in [0.2, 0.25) is 0 Å². The van der Waals surface area contributed by atoms with Crippen molar-refractivity contribution in [2.75, 3.05) is 31.6 Å². The molecule has 0 bridgehead atoms. The van der Waals surface area contributed by atoms with Gasteiger partial charge < -0.3 is 30.0 Å². The highest BCUT2D eigenvalue weighted by Crippen LogP contribution is 2.33. The predicted octanol–water partition coefficient (Wildman–Crippen LogP) is 2.49. The molecule has 4 rings (SSSR count).